The van der Waals surface area contributed by atoms with Crippen LogP contribution in [0.4, 0.5) is 0 Å². The summed E-state index contributed by atoms with van der Waals surface area (Å²) in [6.07, 6.45) is 1.91. The van der Waals surface area contributed by atoms with Gasteiger partial charge in [0.25, 0.3) is 0 Å². The lowest BCUT2D eigenvalue weighted by atomic mass is 10.1. The third-order valence-electron chi connectivity index (χ3n) is 5.55. The first-order valence-corrected chi connectivity index (χ1v) is 10.6. The van der Waals surface area contributed by atoms with Gasteiger partial charge in [-0.25, -0.2) is 0 Å². The molecular weight excluding hydrogens is 416 g/mol. The molecule has 0 atom stereocenters. The Hall–Kier alpha value is -3.19. The van der Waals surface area contributed by atoms with Crippen LogP contribution < -0.4 is 5.43 Å². The van der Waals surface area contributed by atoms with E-state index in [0.717, 1.165) is 11.1 Å². The van der Waals surface area contributed by atoms with Crippen LogP contribution in [0.2, 0.25) is 5.02 Å². The predicted octanol–water partition coefficient (Wildman–Crippen LogP) is 2.35. The smallest absolute Gasteiger partial charge is 0.227 e. The molecule has 160 valence electrons. The summed E-state index contributed by atoms with van der Waals surface area (Å²) in [7, 11) is 0. The van der Waals surface area contributed by atoms with Gasteiger partial charge in [-0.15, -0.1) is 0 Å². The zero-order valence-electron chi connectivity index (χ0n) is 17.0. The molecule has 2 amide bonds. The van der Waals surface area contributed by atoms with E-state index in [1.807, 2.05) is 30.3 Å². The van der Waals surface area contributed by atoms with Crippen molar-refractivity contribution in [1.29, 1.82) is 0 Å². The van der Waals surface area contributed by atoms with Crippen molar-refractivity contribution in [2.24, 2.45) is 0 Å². The second-order valence-electron chi connectivity index (χ2n) is 7.56. The van der Waals surface area contributed by atoms with Gasteiger partial charge in [0.05, 0.1) is 24.7 Å². The van der Waals surface area contributed by atoms with Gasteiger partial charge in [-0.1, -0.05) is 35.9 Å². The molecule has 0 saturated carbocycles. The molecule has 0 bridgehead atoms. The Morgan fingerprint density at radius 1 is 0.903 bits per heavy atom. The predicted molar refractivity (Wildman–Crippen MR) is 119 cm³/mol. The van der Waals surface area contributed by atoms with Crippen molar-refractivity contribution >= 4 is 34.3 Å². The Kier molecular flexibility index (Phi) is 6.32. The molecule has 0 aliphatic carbocycles. The topological polar surface area (TPSA) is 75.5 Å². The monoisotopic (exact) mass is 438 g/mol. The number of fused-ring (bicyclic) bond motifs is 1. The molecule has 1 aliphatic rings. The van der Waals surface area contributed by atoms with Gasteiger partial charge >= 0.3 is 0 Å². The van der Waals surface area contributed by atoms with Gasteiger partial charge in [0.15, 0.2) is 0 Å². The number of carbonyl (C=O) groups excluding carboxylic acids is 2. The third-order valence-corrected chi connectivity index (χ3v) is 5.81. The summed E-state index contributed by atoms with van der Waals surface area (Å²) in [6.45, 7) is 2.48. The number of aromatic nitrogens is 2. The molecule has 2 heterocycles. The van der Waals surface area contributed by atoms with Crippen LogP contribution in [-0.2, 0) is 22.6 Å². The Bertz CT molecular complexity index is 1150. The van der Waals surface area contributed by atoms with Crippen LogP contribution in [-0.4, -0.2) is 57.6 Å². The molecule has 7 nitrogen and oxygen atoms in total. The molecule has 1 fully saturated rings. The number of rotatable bonds is 5. The SMILES string of the molecule is O=C(CCn1ncc(=O)c2ccccc21)N1CCN(C(=O)Cc2ccc(Cl)cc2)CC1. The van der Waals surface area contributed by atoms with Crippen molar-refractivity contribution in [2.75, 3.05) is 26.2 Å². The Balaban J connectivity index is 1.30. The van der Waals surface area contributed by atoms with Crippen LogP contribution in [0.25, 0.3) is 10.9 Å². The molecule has 8 heteroatoms. The van der Waals surface area contributed by atoms with E-state index < -0.39 is 0 Å². The highest BCUT2D eigenvalue weighted by Crippen LogP contribution is 2.13. The molecule has 0 unspecified atom stereocenters. The first-order chi connectivity index (χ1) is 15.0. The molecule has 0 N–H and O–H groups in total. The Morgan fingerprint density at radius 3 is 2.26 bits per heavy atom. The van der Waals surface area contributed by atoms with Crippen LogP contribution in [0.5, 0.6) is 0 Å². The summed E-state index contributed by atoms with van der Waals surface area (Å²) in [6, 6.07) is 14.5. The number of para-hydroxylation sites is 1. The first-order valence-electron chi connectivity index (χ1n) is 10.3. The van der Waals surface area contributed by atoms with E-state index in [-0.39, 0.29) is 17.2 Å². The van der Waals surface area contributed by atoms with Crippen molar-refractivity contribution in [2.45, 2.75) is 19.4 Å². The Morgan fingerprint density at radius 2 is 1.55 bits per heavy atom. The van der Waals surface area contributed by atoms with Crippen molar-refractivity contribution < 1.29 is 9.59 Å². The fraction of sp³-hybridized carbons (Fsp3) is 0.304. The van der Waals surface area contributed by atoms with Crippen LogP contribution in [0.1, 0.15) is 12.0 Å². The molecule has 1 aromatic heterocycles. The quantitative estimate of drug-likeness (QED) is 0.612. The van der Waals surface area contributed by atoms with E-state index >= 15 is 0 Å². The second-order valence-corrected chi connectivity index (χ2v) is 8.00. The maximum Gasteiger partial charge on any atom is 0.227 e. The summed E-state index contributed by atoms with van der Waals surface area (Å²) in [4.78, 5) is 40.8. The molecule has 2 aromatic carbocycles. The number of hydrogen-bond acceptors (Lipinski definition) is 4. The fourth-order valence-electron chi connectivity index (χ4n) is 3.79. The van der Waals surface area contributed by atoms with Gasteiger partial charge in [-0.3, -0.25) is 19.1 Å². The number of carbonyl (C=O) groups is 2. The molecule has 3 aromatic rings. The molecule has 1 saturated heterocycles. The highest BCUT2D eigenvalue weighted by Gasteiger charge is 2.24. The molecule has 4 rings (SSSR count). The van der Waals surface area contributed by atoms with Gasteiger partial charge in [0, 0.05) is 43.0 Å². The van der Waals surface area contributed by atoms with Crippen LogP contribution in [0, 0.1) is 0 Å². The zero-order chi connectivity index (χ0) is 21.8. The molecule has 0 radical (unpaired) electrons. The van der Waals surface area contributed by atoms with Crippen molar-refractivity contribution in [3.8, 4) is 0 Å². The number of amides is 2. The second kappa shape index (κ2) is 9.31. The van der Waals surface area contributed by atoms with Gasteiger partial charge < -0.3 is 9.80 Å². The van der Waals surface area contributed by atoms with Crippen LogP contribution in [0.3, 0.4) is 0 Å². The highest BCUT2D eigenvalue weighted by atomic mass is 35.5. The first kappa shape index (κ1) is 21.1. The van der Waals surface area contributed by atoms with E-state index in [2.05, 4.69) is 5.10 Å². The number of piperazine rings is 1. The standard InChI is InChI=1S/C23H23ClN4O3/c24-18-7-5-17(6-8-18)15-23(31)27-13-11-26(12-14-27)22(30)9-10-28-20-4-2-1-3-19(20)21(29)16-25-28/h1-8,16H,9-15H2. The van der Waals surface area contributed by atoms with E-state index in [0.29, 0.717) is 56.0 Å². The van der Waals surface area contributed by atoms with E-state index in [1.54, 1.807) is 32.7 Å². The van der Waals surface area contributed by atoms with E-state index in [1.165, 1.54) is 6.20 Å². The number of benzene rings is 2. The minimum absolute atomic E-state index is 0.0226. The lowest BCUT2D eigenvalue weighted by Crippen LogP contribution is -2.51. The number of hydrogen-bond donors (Lipinski definition) is 0. The number of halogens is 1. The molecule has 1 aliphatic heterocycles. The van der Waals surface area contributed by atoms with Crippen LogP contribution >= 0.6 is 11.6 Å². The van der Waals surface area contributed by atoms with Crippen LogP contribution in [0.15, 0.2) is 59.5 Å². The molecular formula is C23H23ClN4O3. The van der Waals surface area contributed by atoms with Crippen molar-refractivity contribution in [3.05, 3.63) is 75.5 Å². The summed E-state index contributed by atoms with van der Waals surface area (Å²) in [5, 5.41) is 5.42. The largest absolute Gasteiger partial charge is 0.339 e. The van der Waals surface area contributed by atoms with Crippen molar-refractivity contribution in [1.82, 2.24) is 19.6 Å². The van der Waals surface area contributed by atoms with Gasteiger partial charge in [0.1, 0.15) is 0 Å². The lowest BCUT2D eigenvalue weighted by molar-refractivity contribution is -0.139. The normalized spacial score (nSPS) is 14.1. The Labute approximate surface area is 184 Å². The average Bonchev–Trinajstić information content (AvgIpc) is 2.80. The average molecular weight is 439 g/mol. The number of nitrogens with zero attached hydrogens (tertiary/aromatic N) is 4. The summed E-state index contributed by atoms with van der Waals surface area (Å²) in [5.41, 5.74) is 1.52. The zero-order valence-corrected chi connectivity index (χ0v) is 17.8. The van der Waals surface area contributed by atoms with Gasteiger partial charge in [-0.2, -0.15) is 5.10 Å². The van der Waals surface area contributed by atoms with Gasteiger partial charge in [0.2, 0.25) is 17.2 Å². The molecule has 0 spiro atoms. The minimum Gasteiger partial charge on any atom is -0.339 e. The highest BCUT2D eigenvalue weighted by molar-refractivity contribution is 6.30. The molecule has 31 heavy (non-hydrogen) atoms. The number of aryl methyl sites for hydroxylation is 1. The maximum atomic E-state index is 12.7. The van der Waals surface area contributed by atoms with E-state index in [4.69, 9.17) is 11.6 Å². The maximum absolute atomic E-state index is 12.7. The summed E-state index contributed by atoms with van der Waals surface area (Å²) < 4.78 is 1.69. The summed E-state index contributed by atoms with van der Waals surface area (Å²) >= 11 is 5.89. The van der Waals surface area contributed by atoms with Crippen molar-refractivity contribution in [3.63, 3.8) is 0 Å². The third kappa shape index (κ3) is 4.94. The van der Waals surface area contributed by atoms with E-state index in [9.17, 15) is 14.4 Å². The lowest BCUT2D eigenvalue weighted by Gasteiger charge is -2.35. The van der Waals surface area contributed by atoms with Gasteiger partial charge in [-0.05, 0) is 29.8 Å². The minimum atomic E-state index is -0.127. The fourth-order valence-corrected chi connectivity index (χ4v) is 3.92. The summed E-state index contributed by atoms with van der Waals surface area (Å²) in [5.74, 6) is 0.0766.